The van der Waals surface area contributed by atoms with Crippen LogP contribution >= 0.6 is 15.9 Å². The largest absolute Gasteiger partial charge is 0.497 e. The topological polar surface area (TPSA) is 41.6 Å². The molecule has 0 spiro atoms. The smallest absolute Gasteiger partial charge is 0.223 e. The summed E-state index contributed by atoms with van der Waals surface area (Å²) in [6.07, 6.45) is 0. The van der Waals surface area contributed by atoms with E-state index >= 15 is 0 Å². The minimum atomic E-state index is -0.0283. The zero-order chi connectivity index (χ0) is 14.4. The molecule has 1 aromatic rings. The van der Waals surface area contributed by atoms with Crippen LogP contribution in [-0.4, -0.2) is 38.6 Å². The molecule has 0 radical (unpaired) electrons. The SMILES string of the molecule is CNC(=O)C(C)CN(C)Cc1cc(OC)ccc1Br. The average molecular weight is 329 g/mol. The second kappa shape index (κ2) is 7.50. The highest BCUT2D eigenvalue weighted by atomic mass is 79.9. The van der Waals surface area contributed by atoms with Crippen LogP contribution in [0.15, 0.2) is 22.7 Å². The van der Waals surface area contributed by atoms with E-state index in [1.807, 2.05) is 32.2 Å². The maximum Gasteiger partial charge on any atom is 0.223 e. The fourth-order valence-corrected chi connectivity index (χ4v) is 2.32. The predicted octanol–water partition coefficient (Wildman–Crippen LogP) is 2.27. The van der Waals surface area contributed by atoms with Crippen molar-refractivity contribution in [1.29, 1.82) is 0 Å². The summed E-state index contributed by atoms with van der Waals surface area (Å²) in [7, 11) is 5.33. The molecule has 0 fully saturated rings. The summed E-state index contributed by atoms with van der Waals surface area (Å²) >= 11 is 3.54. The Balaban J connectivity index is 2.66. The van der Waals surface area contributed by atoms with Crippen molar-refractivity contribution in [2.45, 2.75) is 13.5 Å². The van der Waals surface area contributed by atoms with Crippen molar-refractivity contribution in [1.82, 2.24) is 10.2 Å². The molecule has 0 aromatic heterocycles. The summed E-state index contributed by atoms with van der Waals surface area (Å²) in [6.45, 7) is 3.40. The minimum absolute atomic E-state index is 0.0283. The Labute approximate surface area is 123 Å². The number of amides is 1. The molecule has 1 aromatic carbocycles. The summed E-state index contributed by atoms with van der Waals surface area (Å²) in [6, 6.07) is 5.90. The third kappa shape index (κ3) is 4.84. The number of benzene rings is 1. The third-order valence-corrected chi connectivity index (χ3v) is 3.75. The zero-order valence-electron chi connectivity index (χ0n) is 11.9. The Hall–Kier alpha value is -1.07. The highest BCUT2D eigenvalue weighted by Crippen LogP contribution is 2.23. The summed E-state index contributed by atoms with van der Waals surface area (Å²) in [5.41, 5.74) is 1.14. The minimum Gasteiger partial charge on any atom is -0.497 e. The van der Waals surface area contributed by atoms with Crippen molar-refractivity contribution in [3.8, 4) is 5.75 Å². The van der Waals surface area contributed by atoms with E-state index in [4.69, 9.17) is 4.74 Å². The van der Waals surface area contributed by atoms with Crippen LogP contribution in [0, 0.1) is 5.92 Å². The van der Waals surface area contributed by atoms with E-state index in [0.717, 1.165) is 22.3 Å². The lowest BCUT2D eigenvalue weighted by atomic mass is 10.1. The normalized spacial score (nSPS) is 12.3. The van der Waals surface area contributed by atoms with E-state index in [9.17, 15) is 4.79 Å². The maximum absolute atomic E-state index is 11.5. The molecule has 0 saturated heterocycles. The number of hydrogen-bond acceptors (Lipinski definition) is 3. The van der Waals surface area contributed by atoms with Gasteiger partial charge in [-0.15, -0.1) is 0 Å². The number of halogens is 1. The molecule has 106 valence electrons. The van der Waals surface area contributed by atoms with Gasteiger partial charge in [0.1, 0.15) is 5.75 Å². The molecule has 0 aliphatic heterocycles. The number of ether oxygens (including phenoxy) is 1. The zero-order valence-corrected chi connectivity index (χ0v) is 13.5. The number of nitrogens with one attached hydrogen (secondary N) is 1. The Morgan fingerprint density at radius 1 is 1.53 bits per heavy atom. The van der Waals surface area contributed by atoms with Crippen LogP contribution in [-0.2, 0) is 11.3 Å². The maximum atomic E-state index is 11.5. The van der Waals surface area contributed by atoms with Crippen molar-refractivity contribution in [3.63, 3.8) is 0 Å². The van der Waals surface area contributed by atoms with Gasteiger partial charge in [0.05, 0.1) is 7.11 Å². The molecule has 1 amide bonds. The lowest BCUT2D eigenvalue weighted by molar-refractivity contribution is -0.124. The molecule has 0 aliphatic rings. The van der Waals surface area contributed by atoms with Crippen LogP contribution in [0.4, 0.5) is 0 Å². The van der Waals surface area contributed by atoms with Crippen molar-refractivity contribution in [2.75, 3.05) is 27.7 Å². The van der Waals surface area contributed by atoms with E-state index in [1.165, 1.54) is 0 Å². The van der Waals surface area contributed by atoms with Crippen LogP contribution < -0.4 is 10.1 Å². The first-order valence-electron chi connectivity index (χ1n) is 6.20. The number of rotatable bonds is 6. The third-order valence-electron chi connectivity index (χ3n) is 2.97. The summed E-state index contributed by atoms with van der Waals surface area (Å²) in [4.78, 5) is 13.6. The van der Waals surface area contributed by atoms with Crippen LogP contribution in [0.3, 0.4) is 0 Å². The number of hydrogen-bond donors (Lipinski definition) is 1. The lowest BCUT2D eigenvalue weighted by Crippen LogP contribution is -2.34. The lowest BCUT2D eigenvalue weighted by Gasteiger charge is -2.21. The molecule has 1 unspecified atom stereocenters. The standard InChI is InChI=1S/C14H21BrN2O2/c1-10(14(18)16-2)8-17(3)9-11-7-12(19-4)5-6-13(11)15/h5-7,10H,8-9H2,1-4H3,(H,16,18). The van der Waals surface area contributed by atoms with Gasteiger partial charge in [-0.05, 0) is 30.8 Å². The van der Waals surface area contributed by atoms with E-state index in [0.29, 0.717) is 6.54 Å². The van der Waals surface area contributed by atoms with Crippen LogP contribution in [0.2, 0.25) is 0 Å². The number of carbonyl (C=O) groups is 1. The van der Waals surface area contributed by atoms with E-state index < -0.39 is 0 Å². The Bertz CT molecular complexity index is 437. The van der Waals surface area contributed by atoms with Gasteiger partial charge in [0.15, 0.2) is 0 Å². The first kappa shape index (κ1) is 16.0. The van der Waals surface area contributed by atoms with Gasteiger partial charge in [-0.1, -0.05) is 22.9 Å². The molecule has 1 N–H and O–H groups in total. The van der Waals surface area contributed by atoms with Crippen LogP contribution in [0.5, 0.6) is 5.75 Å². The van der Waals surface area contributed by atoms with Crippen molar-refractivity contribution in [3.05, 3.63) is 28.2 Å². The Morgan fingerprint density at radius 2 is 2.21 bits per heavy atom. The second-order valence-electron chi connectivity index (χ2n) is 4.67. The van der Waals surface area contributed by atoms with Crippen LogP contribution in [0.25, 0.3) is 0 Å². The molecule has 5 heteroatoms. The van der Waals surface area contributed by atoms with Gasteiger partial charge in [0.25, 0.3) is 0 Å². The molecular weight excluding hydrogens is 308 g/mol. The Kier molecular flexibility index (Phi) is 6.31. The van der Waals surface area contributed by atoms with Gasteiger partial charge < -0.3 is 15.0 Å². The fourth-order valence-electron chi connectivity index (χ4n) is 1.95. The molecule has 1 atom stereocenters. The van der Waals surface area contributed by atoms with Gasteiger partial charge in [-0.2, -0.15) is 0 Å². The summed E-state index contributed by atoms with van der Waals surface area (Å²) in [5, 5.41) is 2.67. The fraction of sp³-hybridized carbons (Fsp3) is 0.500. The highest BCUT2D eigenvalue weighted by Gasteiger charge is 2.14. The van der Waals surface area contributed by atoms with Gasteiger partial charge in [-0.3, -0.25) is 4.79 Å². The first-order valence-corrected chi connectivity index (χ1v) is 6.99. The van der Waals surface area contributed by atoms with E-state index in [-0.39, 0.29) is 11.8 Å². The van der Waals surface area contributed by atoms with E-state index in [1.54, 1.807) is 14.2 Å². The van der Waals surface area contributed by atoms with E-state index in [2.05, 4.69) is 26.1 Å². The molecule has 0 saturated carbocycles. The molecule has 0 aliphatic carbocycles. The summed E-state index contributed by atoms with van der Waals surface area (Å²) < 4.78 is 6.27. The summed E-state index contributed by atoms with van der Waals surface area (Å²) in [5.74, 6) is 0.877. The quantitative estimate of drug-likeness (QED) is 0.871. The van der Waals surface area contributed by atoms with Crippen LogP contribution in [0.1, 0.15) is 12.5 Å². The molecule has 0 bridgehead atoms. The monoisotopic (exact) mass is 328 g/mol. The molecule has 4 nitrogen and oxygen atoms in total. The average Bonchev–Trinajstić information content (AvgIpc) is 2.40. The van der Waals surface area contributed by atoms with Gasteiger partial charge in [0.2, 0.25) is 5.91 Å². The Morgan fingerprint density at radius 3 is 2.79 bits per heavy atom. The molecular formula is C14H21BrN2O2. The predicted molar refractivity (Wildman–Crippen MR) is 80.3 cm³/mol. The molecule has 1 rings (SSSR count). The second-order valence-corrected chi connectivity index (χ2v) is 5.52. The molecule has 0 heterocycles. The van der Waals surface area contributed by atoms with Gasteiger partial charge in [0, 0.05) is 30.5 Å². The number of carbonyl (C=O) groups excluding carboxylic acids is 1. The number of methoxy groups -OCH3 is 1. The van der Waals surface area contributed by atoms with Crippen molar-refractivity contribution >= 4 is 21.8 Å². The van der Waals surface area contributed by atoms with Gasteiger partial charge in [-0.25, -0.2) is 0 Å². The van der Waals surface area contributed by atoms with Gasteiger partial charge >= 0.3 is 0 Å². The first-order chi connectivity index (χ1) is 8.97. The van der Waals surface area contributed by atoms with Crippen molar-refractivity contribution in [2.24, 2.45) is 5.92 Å². The molecule has 19 heavy (non-hydrogen) atoms. The number of nitrogens with zero attached hydrogens (tertiary/aromatic N) is 1. The highest BCUT2D eigenvalue weighted by molar-refractivity contribution is 9.10. The van der Waals surface area contributed by atoms with Crippen molar-refractivity contribution < 1.29 is 9.53 Å².